The Bertz CT molecular complexity index is 293. The average Bonchev–Trinajstić information content (AvgIpc) is 2.75. The molecule has 0 radical (unpaired) electrons. The van der Waals surface area contributed by atoms with Crippen molar-refractivity contribution in [1.82, 2.24) is 5.32 Å². The van der Waals surface area contributed by atoms with Crippen LogP contribution in [0.3, 0.4) is 0 Å². The van der Waals surface area contributed by atoms with Gasteiger partial charge in [-0.25, -0.2) is 0 Å². The van der Waals surface area contributed by atoms with Crippen molar-refractivity contribution in [2.24, 2.45) is 0 Å². The molecule has 1 heterocycles. The van der Waals surface area contributed by atoms with E-state index in [-0.39, 0.29) is 0 Å². The van der Waals surface area contributed by atoms with Crippen molar-refractivity contribution in [1.29, 1.82) is 0 Å². The van der Waals surface area contributed by atoms with Crippen molar-refractivity contribution in [3.8, 4) is 0 Å². The largest absolute Gasteiger partial charge is 0.313 e. The predicted octanol–water partition coefficient (Wildman–Crippen LogP) is 5.07. The van der Waals surface area contributed by atoms with Crippen molar-refractivity contribution in [2.45, 2.75) is 64.8 Å². The normalized spacial score (nSPS) is 12.9. The van der Waals surface area contributed by atoms with Crippen LogP contribution < -0.4 is 5.32 Å². The Morgan fingerprint density at radius 1 is 1.12 bits per heavy atom. The molecule has 0 bridgehead atoms. The summed E-state index contributed by atoms with van der Waals surface area (Å²) in [5.41, 5.74) is 2.95. The fraction of sp³-hybridized carbons (Fsp3) is 0.733. The highest BCUT2D eigenvalue weighted by molar-refractivity contribution is 7.08. The fourth-order valence-electron chi connectivity index (χ4n) is 2.31. The van der Waals surface area contributed by atoms with Gasteiger partial charge in [0.15, 0.2) is 0 Å². The van der Waals surface area contributed by atoms with Gasteiger partial charge in [0.25, 0.3) is 0 Å². The van der Waals surface area contributed by atoms with Crippen LogP contribution in [0.25, 0.3) is 0 Å². The van der Waals surface area contributed by atoms with Crippen LogP contribution in [-0.2, 0) is 0 Å². The van der Waals surface area contributed by atoms with E-state index in [2.05, 4.69) is 37.0 Å². The molecule has 1 aromatic heterocycles. The van der Waals surface area contributed by atoms with E-state index >= 15 is 0 Å². The zero-order valence-corrected chi connectivity index (χ0v) is 12.4. The van der Waals surface area contributed by atoms with Crippen molar-refractivity contribution >= 4 is 11.3 Å². The van der Waals surface area contributed by atoms with Crippen LogP contribution in [0, 0.1) is 6.92 Å². The molecular formula is C15H27NS. The quantitative estimate of drug-likeness (QED) is 0.606. The summed E-state index contributed by atoms with van der Waals surface area (Å²) in [7, 11) is 2.08. The Balaban J connectivity index is 2.22. The van der Waals surface area contributed by atoms with Crippen molar-refractivity contribution < 1.29 is 0 Å². The van der Waals surface area contributed by atoms with Crippen LogP contribution in [0.2, 0.25) is 0 Å². The first-order valence-electron chi connectivity index (χ1n) is 6.99. The van der Waals surface area contributed by atoms with Gasteiger partial charge < -0.3 is 5.32 Å². The summed E-state index contributed by atoms with van der Waals surface area (Å²) in [6.07, 6.45) is 9.59. The standard InChI is InChI=1S/C15H27NS/c1-4-5-6-7-8-9-10-15(16-3)14-12-17-11-13(14)2/h11-12,15-16H,4-10H2,1-3H3. The minimum absolute atomic E-state index is 0.562. The second-order valence-corrected chi connectivity index (χ2v) is 5.65. The van der Waals surface area contributed by atoms with Crippen LogP contribution in [0.15, 0.2) is 10.8 Å². The summed E-state index contributed by atoms with van der Waals surface area (Å²) in [6, 6.07) is 0.562. The second-order valence-electron chi connectivity index (χ2n) is 4.91. The second kappa shape index (κ2) is 8.71. The molecular weight excluding hydrogens is 226 g/mol. The molecule has 1 N–H and O–H groups in total. The Labute approximate surface area is 111 Å². The smallest absolute Gasteiger partial charge is 0.0328 e. The minimum atomic E-state index is 0.562. The highest BCUT2D eigenvalue weighted by Gasteiger charge is 2.11. The van der Waals surface area contributed by atoms with Gasteiger partial charge in [0.2, 0.25) is 0 Å². The number of unbranched alkanes of at least 4 members (excludes halogenated alkanes) is 5. The van der Waals surface area contributed by atoms with Gasteiger partial charge in [0.1, 0.15) is 0 Å². The SMILES string of the molecule is CCCCCCCCC(NC)c1cscc1C. The Kier molecular flexibility index (Phi) is 7.54. The maximum Gasteiger partial charge on any atom is 0.0328 e. The lowest BCUT2D eigenvalue weighted by molar-refractivity contribution is 0.497. The Morgan fingerprint density at radius 2 is 1.82 bits per heavy atom. The van der Waals surface area contributed by atoms with Gasteiger partial charge in [-0.2, -0.15) is 11.3 Å². The van der Waals surface area contributed by atoms with Gasteiger partial charge in [-0.05, 0) is 42.3 Å². The molecule has 1 rings (SSSR count). The Hall–Kier alpha value is -0.340. The average molecular weight is 253 g/mol. The molecule has 0 aliphatic rings. The van der Waals surface area contributed by atoms with Gasteiger partial charge >= 0.3 is 0 Å². The van der Waals surface area contributed by atoms with Gasteiger partial charge in [0, 0.05) is 6.04 Å². The van der Waals surface area contributed by atoms with Crippen LogP contribution in [0.1, 0.15) is 69.0 Å². The third-order valence-corrected chi connectivity index (χ3v) is 4.35. The first-order chi connectivity index (χ1) is 8.29. The number of nitrogens with one attached hydrogen (secondary N) is 1. The molecule has 0 fully saturated rings. The van der Waals surface area contributed by atoms with E-state index in [0.717, 1.165) is 0 Å². The van der Waals surface area contributed by atoms with E-state index in [4.69, 9.17) is 0 Å². The summed E-state index contributed by atoms with van der Waals surface area (Å²) >= 11 is 1.82. The van der Waals surface area contributed by atoms with Gasteiger partial charge in [-0.15, -0.1) is 0 Å². The lowest BCUT2D eigenvalue weighted by Gasteiger charge is -2.16. The third kappa shape index (κ3) is 5.22. The number of thiophene rings is 1. The van der Waals surface area contributed by atoms with Crippen molar-refractivity contribution in [3.05, 3.63) is 21.9 Å². The molecule has 1 atom stereocenters. The molecule has 0 aliphatic carbocycles. The molecule has 98 valence electrons. The third-order valence-electron chi connectivity index (χ3n) is 3.47. The molecule has 0 aromatic carbocycles. The maximum absolute atomic E-state index is 3.45. The van der Waals surface area contributed by atoms with E-state index in [1.165, 1.54) is 56.1 Å². The summed E-state index contributed by atoms with van der Waals surface area (Å²) in [4.78, 5) is 0. The Morgan fingerprint density at radius 3 is 2.41 bits per heavy atom. The molecule has 17 heavy (non-hydrogen) atoms. The summed E-state index contributed by atoms with van der Waals surface area (Å²) in [5.74, 6) is 0. The zero-order valence-electron chi connectivity index (χ0n) is 11.6. The molecule has 1 aromatic rings. The molecule has 1 nitrogen and oxygen atoms in total. The van der Waals surface area contributed by atoms with Crippen LogP contribution in [0.5, 0.6) is 0 Å². The van der Waals surface area contributed by atoms with Crippen molar-refractivity contribution in [3.63, 3.8) is 0 Å². The highest BCUT2D eigenvalue weighted by atomic mass is 32.1. The molecule has 0 saturated carbocycles. The number of hydrogen-bond donors (Lipinski definition) is 1. The number of hydrogen-bond acceptors (Lipinski definition) is 2. The number of aryl methyl sites for hydroxylation is 1. The van der Waals surface area contributed by atoms with E-state index in [1.807, 2.05) is 11.3 Å². The maximum atomic E-state index is 3.45. The van der Waals surface area contributed by atoms with Crippen LogP contribution >= 0.6 is 11.3 Å². The van der Waals surface area contributed by atoms with Crippen LogP contribution in [-0.4, -0.2) is 7.05 Å². The first kappa shape index (κ1) is 14.7. The zero-order chi connectivity index (χ0) is 12.5. The van der Waals surface area contributed by atoms with Crippen LogP contribution in [0.4, 0.5) is 0 Å². The number of rotatable bonds is 9. The van der Waals surface area contributed by atoms with Crippen molar-refractivity contribution in [2.75, 3.05) is 7.05 Å². The van der Waals surface area contributed by atoms with Gasteiger partial charge in [-0.3, -0.25) is 0 Å². The lowest BCUT2D eigenvalue weighted by atomic mass is 9.99. The molecule has 1 unspecified atom stereocenters. The topological polar surface area (TPSA) is 12.0 Å². The summed E-state index contributed by atoms with van der Waals surface area (Å²) in [6.45, 7) is 4.49. The molecule has 0 aliphatic heterocycles. The predicted molar refractivity (Wildman–Crippen MR) is 78.8 cm³/mol. The monoisotopic (exact) mass is 253 g/mol. The first-order valence-corrected chi connectivity index (χ1v) is 7.93. The molecule has 0 saturated heterocycles. The molecule has 0 amide bonds. The fourth-order valence-corrected chi connectivity index (χ4v) is 3.22. The van der Waals surface area contributed by atoms with E-state index in [1.54, 1.807) is 0 Å². The van der Waals surface area contributed by atoms with E-state index in [9.17, 15) is 0 Å². The van der Waals surface area contributed by atoms with Gasteiger partial charge in [-0.1, -0.05) is 45.4 Å². The highest BCUT2D eigenvalue weighted by Crippen LogP contribution is 2.25. The van der Waals surface area contributed by atoms with E-state index in [0.29, 0.717) is 6.04 Å². The van der Waals surface area contributed by atoms with Gasteiger partial charge in [0.05, 0.1) is 0 Å². The molecule has 2 heteroatoms. The molecule has 0 spiro atoms. The summed E-state index contributed by atoms with van der Waals surface area (Å²) in [5, 5.41) is 8.00. The van der Waals surface area contributed by atoms with E-state index < -0.39 is 0 Å². The lowest BCUT2D eigenvalue weighted by Crippen LogP contribution is -2.16. The minimum Gasteiger partial charge on any atom is -0.313 e. The summed E-state index contributed by atoms with van der Waals surface area (Å²) < 4.78 is 0.